The molecule has 2 aliphatic carbocycles. The largest absolute Gasteiger partial charge is 0.391 e. The first-order valence-corrected chi connectivity index (χ1v) is 12.4. The summed E-state index contributed by atoms with van der Waals surface area (Å²) in [6.45, 7) is 2.12. The van der Waals surface area contributed by atoms with Gasteiger partial charge in [-0.25, -0.2) is 4.98 Å². The molecule has 2 fully saturated rings. The van der Waals surface area contributed by atoms with Crippen LogP contribution in [-0.2, 0) is 4.74 Å². The van der Waals surface area contributed by atoms with Gasteiger partial charge in [-0.05, 0) is 57.6 Å². The SMILES string of the molecule is CNc1cc(Nc2cccn(C3CCC(C)(OC)CC3)c2=O)nc2c(C(=O)N[C@@H]3CC[C@@H]3O)cnn12. The quantitative estimate of drug-likeness (QED) is 0.393. The molecule has 0 bridgehead atoms. The minimum atomic E-state index is -0.526. The average molecular weight is 496 g/mol. The highest BCUT2D eigenvalue weighted by molar-refractivity contribution is 6.00. The van der Waals surface area contributed by atoms with Gasteiger partial charge in [0.1, 0.15) is 22.9 Å². The highest BCUT2D eigenvalue weighted by Gasteiger charge is 2.33. The average Bonchev–Trinajstić information content (AvgIpc) is 3.32. The lowest BCUT2D eigenvalue weighted by atomic mass is 9.83. The Balaban J connectivity index is 1.42. The fourth-order valence-corrected chi connectivity index (χ4v) is 4.99. The third-order valence-corrected chi connectivity index (χ3v) is 7.66. The van der Waals surface area contributed by atoms with Crippen molar-refractivity contribution in [2.45, 2.75) is 69.2 Å². The van der Waals surface area contributed by atoms with Crippen molar-refractivity contribution in [2.24, 2.45) is 0 Å². The number of aliphatic hydroxyl groups is 1. The van der Waals surface area contributed by atoms with E-state index >= 15 is 0 Å². The highest BCUT2D eigenvalue weighted by atomic mass is 16.5. The molecule has 2 atom stereocenters. The lowest BCUT2D eigenvalue weighted by Gasteiger charge is -2.36. The van der Waals surface area contributed by atoms with E-state index in [1.807, 2.05) is 12.3 Å². The summed E-state index contributed by atoms with van der Waals surface area (Å²) < 4.78 is 8.97. The van der Waals surface area contributed by atoms with Crippen molar-refractivity contribution < 1.29 is 14.6 Å². The predicted molar refractivity (Wildman–Crippen MR) is 136 cm³/mol. The van der Waals surface area contributed by atoms with E-state index in [-0.39, 0.29) is 29.2 Å². The lowest BCUT2D eigenvalue weighted by Crippen LogP contribution is -2.50. The minimum Gasteiger partial charge on any atom is -0.391 e. The van der Waals surface area contributed by atoms with Crippen LogP contribution in [0.3, 0.4) is 0 Å². The maximum absolute atomic E-state index is 13.4. The zero-order valence-corrected chi connectivity index (χ0v) is 20.8. The van der Waals surface area contributed by atoms with Crippen molar-refractivity contribution in [3.8, 4) is 0 Å². The maximum Gasteiger partial charge on any atom is 0.274 e. The van der Waals surface area contributed by atoms with Crippen LogP contribution in [-0.4, -0.2) is 62.1 Å². The Morgan fingerprint density at radius 1 is 1.25 bits per heavy atom. The Kier molecular flexibility index (Phi) is 6.44. The summed E-state index contributed by atoms with van der Waals surface area (Å²) in [5.74, 6) is 0.672. The molecule has 3 aromatic rings. The molecule has 0 radical (unpaired) electrons. The molecule has 36 heavy (non-hydrogen) atoms. The Bertz CT molecular complexity index is 1330. The molecule has 4 N–H and O–H groups in total. The van der Waals surface area contributed by atoms with E-state index in [0.29, 0.717) is 35.0 Å². The number of amides is 1. The van der Waals surface area contributed by atoms with Crippen LogP contribution < -0.4 is 21.5 Å². The van der Waals surface area contributed by atoms with E-state index in [1.54, 1.807) is 30.9 Å². The molecule has 2 aliphatic rings. The normalized spacial score (nSPS) is 25.8. The third kappa shape index (κ3) is 4.44. The number of rotatable bonds is 7. The molecular formula is C25H33N7O4. The van der Waals surface area contributed by atoms with Gasteiger partial charge in [0.2, 0.25) is 0 Å². The maximum atomic E-state index is 13.4. The lowest BCUT2D eigenvalue weighted by molar-refractivity contribution is -0.0324. The second-order valence-electron chi connectivity index (χ2n) is 9.94. The van der Waals surface area contributed by atoms with Crippen molar-refractivity contribution in [1.82, 2.24) is 24.5 Å². The summed E-state index contributed by atoms with van der Waals surface area (Å²) >= 11 is 0. The monoisotopic (exact) mass is 495 g/mol. The summed E-state index contributed by atoms with van der Waals surface area (Å²) in [5, 5.41) is 23.2. The highest BCUT2D eigenvalue weighted by Crippen LogP contribution is 2.36. The van der Waals surface area contributed by atoms with Gasteiger partial charge in [-0.1, -0.05) is 0 Å². The second-order valence-corrected chi connectivity index (χ2v) is 9.94. The first kappa shape index (κ1) is 24.3. The Hall–Kier alpha value is -3.44. The van der Waals surface area contributed by atoms with Crippen molar-refractivity contribution in [1.29, 1.82) is 0 Å². The summed E-state index contributed by atoms with van der Waals surface area (Å²) in [7, 11) is 3.49. The van der Waals surface area contributed by atoms with Crippen LogP contribution in [0.25, 0.3) is 5.65 Å². The molecular weight excluding hydrogens is 462 g/mol. The first-order chi connectivity index (χ1) is 17.3. The summed E-state index contributed by atoms with van der Waals surface area (Å²) in [6.07, 6.45) is 7.70. The topological polar surface area (TPSA) is 135 Å². The van der Waals surface area contributed by atoms with Gasteiger partial charge in [0.05, 0.1) is 23.9 Å². The molecule has 3 aromatic heterocycles. The number of anilines is 3. The fraction of sp³-hybridized carbons (Fsp3) is 0.520. The van der Waals surface area contributed by atoms with Gasteiger partial charge < -0.3 is 30.4 Å². The number of aliphatic hydroxyl groups excluding tert-OH is 1. The van der Waals surface area contributed by atoms with E-state index in [1.165, 1.54) is 10.7 Å². The van der Waals surface area contributed by atoms with E-state index in [0.717, 1.165) is 32.1 Å². The molecule has 11 nitrogen and oxygen atoms in total. The van der Waals surface area contributed by atoms with Crippen LogP contribution in [0.4, 0.5) is 17.3 Å². The van der Waals surface area contributed by atoms with E-state index in [4.69, 9.17) is 4.74 Å². The second kappa shape index (κ2) is 9.55. The molecule has 1 amide bonds. The summed E-state index contributed by atoms with van der Waals surface area (Å²) in [4.78, 5) is 30.8. The fourth-order valence-electron chi connectivity index (χ4n) is 4.99. The minimum absolute atomic E-state index is 0.109. The number of carbonyl (C=O) groups excluding carboxylic acids is 1. The van der Waals surface area contributed by atoms with Gasteiger partial charge in [0, 0.05) is 32.5 Å². The third-order valence-electron chi connectivity index (χ3n) is 7.66. The Morgan fingerprint density at radius 2 is 2.03 bits per heavy atom. The summed E-state index contributed by atoms with van der Waals surface area (Å²) in [6, 6.07) is 5.17. The van der Waals surface area contributed by atoms with E-state index < -0.39 is 6.10 Å². The molecule has 0 aliphatic heterocycles. The molecule has 2 saturated carbocycles. The van der Waals surface area contributed by atoms with Crippen LogP contribution in [0.2, 0.25) is 0 Å². The van der Waals surface area contributed by atoms with E-state index in [9.17, 15) is 14.7 Å². The number of hydrogen-bond acceptors (Lipinski definition) is 8. The van der Waals surface area contributed by atoms with Crippen molar-refractivity contribution in [2.75, 3.05) is 24.8 Å². The zero-order valence-electron chi connectivity index (χ0n) is 20.8. The van der Waals surface area contributed by atoms with Gasteiger partial charge in [0.15, 0.2) is 5.65 Å². The molecule has 3 heterocycles. The smallest absolute Gasteiger partial charge is 0.274 e. The number of aromatic nitrogens is 4. The number of fused-ring (bicyclic) bond motifs is 1. The number of nitrogens with zero attached hydrogens (tertiary/aromatic N) is 4. The van der Waals surface area contributed by atoms with Crippen LogP contribution in [0, 0.1) is 0 Å². The molecule has 0 unspecified atom stereocenters. The van der Waals surface area contributed by atoms with Crippen molar-refractivity contribution in [3.05, 3.63) is 46.5 Å². The molecule has 0 aromatic carbocycles. The summed E-state index contributed by atoms with van der Waals surface area (Å²) in [5.41, 5.74) is 0.785. The predicted octanol–water partition coefficient (Wildman–Crippen LogP) is 2.45. The molecule has 5 rings (SSSR count). The van der Waals surface area contributed by atoms with Crippen LogP contribution in [0.15, 0.2) is 35.4 Å². The van der Waals surface area contributed by atoms with Crippen molar-refractivity contribution in [3.63, 3.8) is 0 Å². The van der Waals surface area contributed by atoms with Crippen LogP contribution >= 0.6 is 0 Å². The first-order valence-electron chi connectivity index (χ1n) is 12.4. The molecule has 0 saturated heterocycles. The van der Waals surface area contributed by atoms with Gasteiger partial charge >= 0.3 is 0 Å². The molecule has 0 spiro atoms. The number of methoxy groups -OCH3 is 1. The standard InChI is InChI=1S/C25H33N7O4/c1-25(36-3)10-8-15(9-11-25)31-12-4-5-18(24(31)35)28-20-13-21(26-2)32-22(30-20)16(14-27-32)23(34)29-17-6-7-19(17)33/h4-5,12-15,17,19,26,33H,6-11H2,1-3H3,(H,28,30)(H,29,34)/t15?,17-,19+,25?/m1/s1. The Labute approximate surface area is 208 Å². The Morgan fingerprint density at radius 3 is 2.67 bits per heavy atom. The van der Waals surface area contributed by atoms with Gasteiger partial charge in [-0.15, -0.1) is 0 Å². The van der Waals surface area contributed by atoms with E-state index in [2.05, 4.69) is 33.0 Å². The number of carbonyl (C=O) groups is 1. The number of pyridine rings is 1. The number of ether oxygens (including phenoxy) is 1. The van der Waals surface area contributed by atoms with Gasteiger partial charge in [0.25, 0.3) is 11.5 Å². The van der Waals surface area contributed by atoms with Crippen LogP contribution in [0.5, 0.6) is 0 Å². The van der Waals surface area contributed by atoms with Gasteiger partial charge in [-0.3, -0.25) is 9.59 Å². The molecule has 11 heteroatoms. The zero-order chi connectivity index (χ0) is 25.4. The molecule has 192 valence electrons. The number of nitrogens with one attached hydrogen (secondary N) is 3. The number of hydrogen-bond donors (Lipinski definition) is 4. The van der Waals surface area contributed by atoms with Crippen LogP contribution in [0.1, 0.15) is 61.8 Å². The van der Waals surface area contributed by atoms with Gasteiger partial charge in [-0.2, -0.15) is 9.61 Å². The van der Waals surface area contributed by atoms with Crippen molar-refractivity contribution >= 4 is 28.9 Å².